The number of benzene rings is 1. The number of halogens is 2. The Labute approximate surface area is 115 Å². The Morgan fingerprint density at radius 2 is 2.17 bits per heavy atom. The molecule has 0 aromatic heterocycles. The SMILES string of the molecule is CCC(COC)NS(=O)(=O)c1ccc(Br)cc1F. The Kier molecular flexibility index (Phi) is 5.71. The van der Waals surface area contributed by atoms with Crippen molar-refractivity contribution in [2.45, 2.75) is 24.3 Å². The number of ether oxygens (including phenoxy) is 1. The van der Waals surface area contributed by atoms with Gasteiger partial charge in [0.2, 0.25) is 10.0 Å². The first-order chi connectivity index (χ1) is 8.40. The maximum absolute atomic E-state index is 13.6. The monoisotopic (exact) mass is 339 g/mol. The third-order valence-corrected chi connectivity index (χ3v) is 4.41. The van der Waals surface area contributed by atoms with Crippen LogP contribution in [0.15, 0.2) is 27.6 Å². The molecule has 0 heterocycles. The molecule has 0 aliphatic rings. The van der Waals surface area contributed by atoms with Crippen LogP contribution in [0.25, 0.3) is 0 Å². The van der Waals surface area contributed by atoms with Gasteiger partial charge in [-0.2, -0.15) is 0 Å². The first-order valence-corrected chi connectivity index (χ1v) is 7.64. The minimum atomic E-state index is -3.87. The van der Waals surface area contributed by atoms with E-state index >= 15 is 0 Å². The number of hydrogen-bond acceptors (Lipinski definition) is 3. The van der Waals surface area contributed by atoms with E-state index in [0.29, 0.717) is 10.9 Å². The molecule has 1 unspecified atom stereocenters. The molecular formula is C11H15BrFNO3S. The zero-order chi connectivity index (χ0) is 13.8. The lowest BCUT2D eigenvalue weighted by atomic mass is 10.3. The third-order valence-electron chi connectivity index (χ3n) is 2.37. The van der Waals surface area contributed by atoms with E-state index in [1.807, 2.05) is 6.92 Å². The first-order valence-electron chi connectivity index (χ1n) is 5.37. The van der Waals surface area contributed by atoms with Crippen LogP contribution in [-0.4, -0.2) is 28.2 Å². The van der Waals surface area contributed by atoms with Crippen molar-refractivity contribution in [3.63, 3.8) is 0 Å². The Morgan fingerprint density at radius 3 is 2.67 bits per heavy atom. The number of sulfonamides is 1. The van der Waals surface area contributed by atoms with E-state index in [-0.39, 0.29) is 17.5 Å². The summed E-state index contributed by atoms with van der Waals surface area (Å²) in [5, 5.41) is 0. The van der Waals surface area contributed by atoms with Crippen molar-refractivity contribution in [2.75, 3.05) is 13.7 Å². The molecule has 1 atom stereocenters. The van der Waals surface area contributed by atoms with Crippen LogP contribution in [0.3, 0.4) is 0 Å². The average molecular weight is 340 g/mol. The highest BCUT2D eigenvalue weighted by molar-refractivity contribution is 9.10. The summed E-state index contributed by atoms with van der Waals surface area (Å²) < 4.78 is 45.4. The van der Waals surface area contributed by atoms with Gasteiger partial charge in [-0.25, -0.2) is 17.5 Å². The number of hydrogen-bond donors (Lipinski definition) is 1. The van der Waals surface area contributed by atoms with Gasteiger partial charge in [0, 0.05) is 17.6 Å². The molecule has 102 valence electrons. The highest BCUT2D eigenvalue weighted by Gasteiger charge is 2.22. The van der Waals surface area contributed by atoms with Gasteiger partial charge in [-0.05, 0) is 24.6 Å². The van der Waals surface area contributed by atoms with Gasteiger partial charge in [-0.1, -0.05) is 22.9 Å². The lowest BCUT2D eigenvalue weighted by Gasteiger charge is -2.16. The molecular weight excluding hydrogens is 325 g/mol. The minimum absolute atomic E-state index is 0.244. The standard InChI is InChI=1S/C11H15BrFNO3S/c1-3-9(7-17-2)14-18(15,16)11-5-4-8(12)6-10(11)13/h4-6,9,14H,3,7H2,1-2H3. The smallest absolute Gasteiger partial charge is 0.243 e. The zero-order valence-electron chi connectivity index (χ0n) is 10.1. The summed E-state index contributed by atoms with van der Waals surface area (Å²) in [5.74, 6) is -0.788. The van der Waals surface area contributed by atoms with Crippen LogP contribution in [0.2, 0.25) is 0 Å². The Balaban J connectivity index is 2.99. The van der Waals surface area contributed by atoms with Gasteiger partial charge in [-0.3, -0.25) is 0 Å². The van der Waals surface area contributed by atoms with Gasteiger partial charge >= 0.3 is 0 Å². The summed E-state index contributed by atoms with van der Waals surface area (Å²) in [5.41, 5.74) is 0. The van der Waals surface area contributed by atoms with E-state index in [0.717, 1.165) is 6.07 Å². The predicted molar refractivity (Wildman–Crippen MR) is 70.4 cm³/mol. The minimum Gasteiger partial charge on any atom is -0.383 e. The van der Waals surface area contributed by atoms with Gasteiger partial charge < -0.3 is 4.74 Å². The van der Waals surface area contributed by atoms with Crippen molar-refractivity contribution < 1.29 is 17.5 Å². The Hall–Kier alpha value is -0.500. The van der Waals surface area contributed by atoms with Crippen molar-refractivity contribution >= 4 is 26.0 Å². The molecule has 0 spiro atoms. The van der Waals surface area contributed by atoms with Gasteiger partial charge in [0.15, 0.2) is 0 Å². The number of rotatable bonds is 6. The molecule has 7 heteroatoms. The van der Waals surface area contributed by atoms with Crippen LogP contribution >= 0.6 is 15.9 Å². The largest absolute Gasteiger partial charge is 0.383 e. The predicted octanol–water partition coefficient (Wildman–Crippen LogP) is 2.29. The van der Waals surface area contributed by atoms with E-state index in [2.05, 4.69) is 20.7 Å². The van der Waals surface area contributed by atoms with Gasteiger partial charge in [0.25, 0.3) is 0 Å². The molecule has 0 bridgehead atoms. The molecule has 0 saturated carbocycles. The van der Waals surface area contributed by atoms with Gasteiger partial charge in [0.1, 0.15) is 10.7 Å². The van der Waals surface area contributed by atoms with Crippen molar-refractivity contribution in [3.05, 3.63) is 28.5 Å². The summed E-state index contributed by atoms with van der Waals surface area (Å²) in [7, 11) is -2.38. The highest BCUT2D eigenvalue weighted by atomic mass is 79.9. The van der Waals surface area contributed by atoms with Crippen molar-refractivity contribution in [1.82, 2.24) is 4.72 Å². The maximum atomic E-state index is 13.6. The zero-order valence-corrected chi connectivity index (χ0v) is 12.5. The van der Waals surface area contributed by atoms with E-state index in [9.17, 15) is 12.8 Å². The van der Waals surface area contributed by atoms with Crippen LogP contribution in [0.5, 0.6) is 0 Å². The van der Waals surface area contributed by atoms with Crippen LogP contribution in [-0.2, 0) is 14.8 Å². The van der Waals surface area contributed by atoms with Crippen molar-refractivity contribution in [1.29, 1.82) is 0 Å². The normalized spacial score (nSPS) is 13.6. The maximum Gasteiger partial charge on any atom is 0.243 e. The Bertz CT molecular complexity index is 507. The van der Waals surface area contributed by atoms with E-state index in [1.54, 1.807) is 0 Å². The van der Waals surface area contributed by atoms with E-state index < -0.39 is 15.8 Å². The van der Waals surface area contributed by atoms with Gasteiger partial charge in [-0.15, -0.1) is 0 Å². The van der Waals surface area contributed by atoms with Crippen LogP contribution in [0, 0.1) is 5.82 Å². The molecule has 0 amide bonds. The average Bonchev–Trinajstić information content (AvgIpc) is 2.27. The lowest BCUT2D eigenvalue weighted by molar-refractivity contribution is 0.173. The molecule has 0 aliphatic heterocycles. The fraction of sp³-hybridized carbons (Fsp3) is 0.455. The molecule has 0 aliphatic carbocycles. The molecule has 18 heavy (non-hydrogen) atoms. The fourth-order valence-electron chi connectivity index (χ4n) is 1.41. The van der Waals surface area contributed by atoms with Gasteiger partial charge in [0.05, 0.1) is 6.61 Å². The third kappa shape index (κ3) is 4.01. The fourth-order valence-corrected chi connectivity index (χ4v) is 3.11. The van der Waals surface area contributed by atoms with Crippen molar-refractivity contribution in [3.8, 4) is 0 Å². The molecule has 1 rings (SSSR count). The molecule has 0 fully saturated rings. The summed E-state index contributed by atoms with van der Waals surface area (Å²) in [6.45, 7) is 2.07. The summed E-state index contributed by atoms with van der Waals surface area (Å²) >= 11 is 3.08. The molecule has 1 aromatic rings. The molecule has 0 saturated heterocycles. The van der Waals surface area contributed by atoms with Crippen LogP contribution in [0.4, 0.5) is 4.39 Å². The second-order valence-electron chi connectivity index (χ2n) is 3.76. The van der Waals surface area contributed by atoms with E-state index in [4.69, 9.17) is 4.74 Å². The first kappa shape index (κ1) is 15.6. The molecule has 0 radical (unpaired) electrons. The molecule has 1 aromatic carbocycles. The summed E-state index contributed by atoms with van der Waals surface area (Å²) in [6.07, 6.45) is 0.561. The van der Waals surface area contributed by atoms with Crippen LogP contribution < -0.4 is 4.72 Å². The highest BCUT2D eigenvalue weighted by Crippen LogP contribution is 2.19. The molecule has 1 N–H and O–H groups in total. The lowest BCUT2D eigenvalue weighted by Crippen LogP contribution is -2.37. The van der Waals surface area contributed by atoms with E-state index in [1.165, 1.54) is 19.2 Å². The van der Waals surface area contributed by atoms with Crippen LogP contribution in [0.1, 0.15) is 13.3 Å². The van der Waals surface area contributed by atoms with Crippen molar-refractivity contribution in [2.24, 2.45) is 0 Å². The number of methoxy groups -OCH3 is 1. The quantitative estimate of drug-likeness (QED) is 0.865. The molecule has 4 nitrogen and oxygen atoms in total. The number of nitrogens with one attached hydrogen (secondary N) is 1. The second kappa shape index (κ2) is 6.60. The summed E-state index contributed by atoms with van der Waals surface area (Å²) in [6, 6.07) is 3.45. The Morgan fingerprint density at radius 1 is 1.50 bits per heavy atom. The second-order valence-corrected chi connectivity index (χ2v) is 6.35. The topological polar surface area (TPSA) is 55.4 Å². The summed E-state index contributed by atoms with van der Waals surface area (Å²) in [4.78, 5) is -0.361.